The van der Waals surface area contributed by atoms with Gasteiger partial charge in [0, 0.05) is 18.9 Å². The van der Waals surface area contributed by atoms with E-state index in [4.69, 9.17) is 4.74 Å². The van der Waals surface area contributed by atoms with Gasteiger partial charge in [-0.3, -0.25) is 4.79 Å². The Bertz CT molecular complexity index is 576. The number of amides is 2. The van der Waals surface area contributed by atoms with Crippen LogP contribution in [0.4, 0.5) is 18.0 Å². The Hall–Kier alpha value is -2.19. The summed E-state index contributed by atoms with van der Waals surface area (Å²) >= 11 is 0. The molecule has 24 heavy (non-hydrogen) atoms. The highest BCUT2D eigenvalue weighted by Crippen LogP contribution is 2.23. The molecular formula is C15H22F3N3O3. The van der Waals surface area contributed by atoms with Gasteiger partial charge in [-0.15, -0.1) is 0 Å². The minimum absolute atomic E-state index is 0.143. The minimum atomic E-state index is -4.63. The number of aromatic amines is 1. The molecule has 3 N–H and O–H groups in total. The van der Waals surface area contributed by atoms with Gasteiger partial charge in [0.2, 0.25) is 0 Å². The first-order chi connectivity index (χ1) is 10.9. The average molecular weight is 349 g/mol. The first-order valence-corrected chi connectivity index (χ1v) is 7.38. The van der Waals surface area contributed by atoms with E-state index in [0.717, 1.165) is 0 Å². The number of H-pyrrole nitrogens is 1. The number of ether oxygens (including phenoxy) is 1. The molecule has 0 saturated heterocycles. The zero-order valence-electron chi connectivity index (χ0n) is 14.0. The highest BCUT2D eigenvalue weighted by atomic mass is 19.4. The number of alkyl carbamates (subject to hydrolysis) is 1. The van der Waals surface area contributed by atoms with Crippen molar-refractivity contribution in [3.8, 4) is 0 Å². The Morgan fingerprint density at radius 3 is 2.33 bits per heavy atom. The Morgan fingerprint density at radius 1 is 1.25 bits per heavy atom. The van der Waals surface area contributed by atoms with Crippen LogP contribution < -0.4 is 10.6 Å². The smallest absolute Gasteiger partial charge is 0.408 e. The third-order valence-electron chi connectivity index (χ3n) is 3.00. The number of hydrogen-bond donors (Lipinski definition) is 3. The van der Waals surface area contributed by atoms with Crippen LogP contribution in [0.25, 0.3) is 0 Å². The Morgan fingerprint density at radius 2 is 1.88 bits per heavy atom. The fraction of sp³-hybridized carbons (Fsp3) is 0.600. The fourth-order valence-electron chi connectivity index (χ4n) is 1.87. The second-order valence-electron chi connectivity index (χ2n) is 6.34. The second kappa shape index (κ2) is 7.59. The molecule has 0 bridgehead atoms. The van der Waals surface area contributed by atoms with Crippen molar-refractivity contribution in [2.24, 2.45) is 0 Å². The second-order valence-corrected chi connectivity index (χ2v) is 6.34. The lowest BCUT2D eigenvalue weighted by molar-refractivity contribution is -0.154. The molecule has 1 atom stereocenters. The summed E-state index contributed by atoms with van der Waals surface area (Å²) in [6, 6.07) is -2.07. The van der Waals surface area contributed by atoms with Gasteiger partial charge < -0.3 is 20.4 Å². The predicted molar refractivity (Wildman–Crippen MR) is 81.7 cm³/mol. The van der Waals surface area contributed by atoms with Crippen molar-refractivity contribution in [3.05, 3.63) is 23.5 Å². The summed E-state index contributed by atoms with van der Waals surface area (Å²) in [4.78, 5) is 26.0. The molecule has 0 unspecified atom stereocenters. The van der Waals surface area contributed by atoms with Crippen LogP contribution in [0.1, 0.15) is 43.1 Å². The first kappa shape index (κ1) is 19.9. The molecule has 6 nitrogen and oxygen atoms in total. The lowest BCUT2D eigenvalue weighted by atomic mass is 10.1. The summed E-state index contributed by atoms with van der Waals surface area (Å²) in [7, 11) is 0. The number of carbonyl (C=O) groups excluding carboxylic acids is 2. The Balaban J connectivity index is 2.60. The van der Waals surface area contributed by atoms with Gasteiger partial charge in [-0.2, -0.15) is 13.2 Å². The third kappa shape index (κ3) is 6.51. The van der Waals surface area contributed by atoms with Gasteiger partial charge in [-0.1, -0.05) is 0 Å². The maximum absolute atomic E-state index is 13.1. The van der Waals surface area contributed by atoms with Crippen LogP contribution in [-0.2, 0) is 4.74 Å². The van der Waals surface area contributed by atoms with Gasteiger partial charge in [-0.25, -0.2) is 4.79 Å². The van der Waals surface area contributed by atoms with Crippen molar-refractivity contribution in [2.45, 2.75) is 51.9 Å². The molecule has 0 spiro atoms. The topological polar surface area (TPSA) is 83.2 Å². The van der Waals surface area contributed by atoms with Crippen molar-refractivity contribution < 1.29 is 27.5 Å². The van der Waals surface area contributed by atoms with Crippen LogP contribution in [-0.4, -0.2) is 41.3 Å². The van der Waals surface area contributed by atoms with Crippen molar-refractivity contribution >= 4 is 12.0 Å². The third-order valence-corrected chi connectivity index (χ3v) is 3.00. The van der Waals surface area contributed by atoms with Crippen molar-refractivity contribution in [1.82, 2.24) is 15.6 Å². The van der Waals surface area contributed by atoms with Crippen molar-refractivity contribution in [3.63, 3.8) is 0 Å². The number of halogens is 3. The molecule has 1 aromatic heterocycles. The van der Waals surface area contributed by atoms with Gasteiger partial charge in [0.25, 0.3) is 5.91 Å². The monoisotopic (exact) mass is 349 g/mol. The van der Waals surface area contributed by atoms with Crippen LogP contribution in [0.2, 0.25) is 0 Å². The molecular weight excluding hydrogens is 327 g/mol. The summed E-state index contributed by atoms with van der Waals surface area (Å²) in [6.07, 6.45) is -3.09. The van der Waals surface area contributed by atoms with Gasteiger partial charge in [-0.05, 0) is 39.7 Å². The van der Waals surface area contributed by atoms with E-state index >= 15 is 0 Å². The maximum atomic E-state index is 13.1. The molecule has 0 aliphatic carbocycles. The number of alkyl halides is 3. The Kier molecular flexibility index (Phi) is 6.28. The maximum Gasteiger partial charge on any atom is 0.408 e. The number of aromatic nitrogens is 1. The average Bonchev–Trinajstić information content (AvgIpc) is 2.80. The molecule has 0 radical (unpaired) electrons. The summed E-state index contributed by atoms with van der Waals surface area (Å²) < 4.78 is 44.1. The largest absolute Gasteiger partial charge is 0.444 e. The number of nitrogens with one attached hydrogen (secondary N) is 3. The quantitative estimate of drug-likeness (QED) is 0.764. The molecule has 9 heteroatoms. The van der Waals surface area contributed by atoms with E-state index in [1.165, 1.54) is 12.4 Å². The summed E-state index contributed by atoms with van der Waals surface area (Å²) in [5.41, 5.74) is -0.0577. The number of carbonyl (C=O) groups is 2. The lowest BCUT2D eigenvalue weighted by Crippen LogP contribution is -2.47. The van der Waals surface area contributed by atoms with Crippen molar-refractivity contribution in [2.75, 3.05) is 6.54 Å². The molecule has 1 heterocycles. The van der Waals surface area contributed by atoms with Crippen molar-refractivity contribution in [1.29, 1.82) is 0 Å². The highest BCUT2D eigenvalue weighted by molar-refractivity contribution is 5.95. The standard InChI is InChI=1S/C15H22F3N3O3/c1-9-7-19-8-10(9)12(22)21-11(15(16,17)18)5-6-20-13(23)24-14(2,3)4/h7-8,11,19H,5-6H2,1-4H3,(H,20,23)(H,21,22)/t11-/m1/s1. The van der Waals surface area contributed by atoms with Gasteiger partial charge >= 0.3 is 12.3 Å². The molecule has 0 saturated carbocycles. The molecule has 1 aromatic rings. The summed E-state index contributed by atoms with van der Waals surface area (Å²) in [5, 5.41) is 4.19. The fourth-order valence-corrected chi connectivity index (χ4v) is 1.87. The van der Waals surface area contributed by atoms with Crippen LogP contribution >= 0.6 is 0 Å². The normalized spacial score (nSPS) is 13.3. The molecule has 0 aromatic carbocycles. The van der Waals surface area contributed by atoms with E-state index < -0.39 is 36.2 Å². The summed E-state index contributed by atoms with van der Waals surface area (Å²) in [6.45, 7) is 6.25. The Labute approximate surface area is 138 Å². The number of rotatable bonds is 5. The zero-order valence-corrected chi connectivity index (χ0v) is 14.0. The van der Waals surface area contributed by atoms with E-state index in [-0.39, 0.29) is 12.1 Å². The number of aryl methyl sites for hydroxylation is 1. The van der Waals surface area contributed by atoms with Crippen LogP contribution in [0.15, 0.2) is 12.4 Å². The predicted octanol–water partition coefficient (Wildman–Crippen LogP) is 2.90. The van der Waals surface area contributed by atoms with E-state index in [9.17, 15) is 22.8 Å². The molecule has 0 fully saturated rings. The van der Waals surface area contributed by atoms with E-state index in [2.05, 4.69) is 10.3 Å². The van der Waals surface area contributed by atoms with Crippen LogP contribution in [0.3, 0.4) is 0 Å². The molecule has 1 rings (SSSR count). The SMILES string of the molecule is Cc1c[nH]cc1C(=O)N[C@H](CCNC(=O)OC(C)(C)C)C(F)(F)F. The van der Waals surface area contributed by atoms with Crippen LogP contribution in [0, 0.1) is 6.92 Å². The van der Waals surface area contributed by atoms with Gasteiger partial charge in [0.05, 0.1) is 5.56 Å². The summed E-state index contributed by atoms with van der Waals surface area (Å²) in [5.74, 6) is -0.826. The van der Waals surface area contributed by atoms with Crippen LogP contribution in [0.5, 0.6) is 0 Å². The minimum Gasteiger partial charge on any atom is -0.444 e. The van der Waals surface area contributed by atoms with E-state index in [1.807, 2.05) is 5.32 Å². The highest BCUT2D eigenvalue weighted by Gasteiger charge is 2.40. The molecule has 136 valence electrons. The molecule has 2 amide bonds. The number of hydrogen-bond acceptors (Lipinski definition) is 3. The zero-order chi connectivity index (χ0) is 18.5. The first-order valence-electron chi connectivity index (χ1n) is 7.38. The molecule has 0 aliphatic rings. The lowest BCUT2D eigenvalue weighted by Gasteiger charge is -2.23. The van der Waals surface area contributed by atoms with E-state index in [1.54, 1.807) is 27.7 Å². The van der Waals surface area contributed by atoms with E-state index in [0.29, 0.717) is 5.56 Å². The molecule has 0 aliphatic heterocycles. The van der Waals surface area contributed by atoms with Gasteiger partial charge in [0.1, 0.15) is 11.6 Å². The van der Waals surface area contributed by atoms with Gasteiger partial charge in [0.15, 0.2) is 0 Å².